The molecule has 1 atom stereocenters. The molecule has 0 bridgehead atoms. The van der Waals surface area contributed by atoms with Crippen LogP contribution in [0.1, 0.15) is 44.4 Å². The van der Waals surface area contributed by atoms with Crippen LogP contribution < -0.4 is 5.32 Å². The highest BCUT2D eigenvalue weighted by molar-refractivity contribution is 6.07. The van der Waals surface area contributed by atoms with E-state index in [9.17, 15) is 14.0 Å². The number of carbonyl (C=O) groups excluding carboxylic acids is 2. The van der Waals surface area contributed by atoms with Gasteiger partial charge in [0.15, 0.2) is 0 Å². The number of carbonyl (C=O) groups is 2. The van der Waals surface area contributed by atoms with Gasteiger partial charge in [-0.1, -0.05) is 63.2 Å². The Bertz CT molecular complexity index is 855. The molecule has 1 aliphatic rings. The van der Waals surface area contributed by atoms with E-state index in [4.69, 9.17) is 0 Å². The predicted octanol–water partition coefficient (Wildman–Crippen LogP) is 4.09. The summed E-state index contributed by atoms with van der Waals surface area (Å²) in [4.78, 5) is 26.4. The maximum absolute atomic E-state index is 13.9. The highest BCUT2D eigenvalue weighted by atomic mass is 19.1. The number of imide groups is 1. The average Bonchev–Trinajstić information content (AvgIpc) is 2.80. The van der Waals surface area contributed by atoms with Gasteiger partial charge in [0.25, 0.3) is 5.91 Å². The molecule has 2 aromatic carbocycles. The molecule has 1 N–H and O–H groups in total. The third-order valence-corrected chi connectivity index (χ3v) is 4.89. The van der Waals surface area contributed by atoms with Crippen molar-refractivity contribution in [3.8, 4) is 0 Å². The smallest absolute Gasteiger partial charge is 0.319 e. The van der Waals surface area contributed by atoms with Gasteiger partial charge >= 0.3 is 6.03 Å². The van der Waals surface area contributed by atoms with Gasteiger partial charge in [-0.2, -0.15) is 0 Å². The molecular formula is C21H23FN2O2. The summed E-state index contributed by atoms with van der Waals surface area (Å²) in [5.41, 5.74) is 1.01. The third-order valence-electron chi connectivity index (χ3n) is 4.89. The van der Waals surface area contributed by atoms with Crippen LogP contribution >= 0.6 is 0 Å². The summed E-state index contributed by atoms with van der Waals surface area (Å²) < 4.78 is 13.9. The molecule has 0 unspecified atom stereocenters. The monoisotopic (exact) mass is 354 g/mol. The van der Waals surface area contributed by atoms with Gasteiger partial charge in [-0.05, 0) is 29.5 Å². The summed E-state index contributed by atoms with van der Waals surface area (Å²) in [6, 6.07) is 13.3. The lowest BCUT2D eigenvalue weighted by Gasteiger charge is -2.24. The van der Waals surface area contributed by atoms with Crippen molar-refractivity contribution >= 4 is 11.9 Å². The van der Waals surface area contributed by atoms with Crippen molar-refractivity contribution in [3.63, 3.8) is 0 Å². The number of benzene rings is 2. The van der Waals surface area contributed by atoms with Gasteiger partial charge in [-0.3, -0.25) is 9.69 Å². The quantitative estimate of drug-likeness (QED) is 0.844. The van der Waals surface area contributed by atoms with Gasteiger partial charge < -0.3 is 5.32 Å². The molecule has 1 aliphatic heterocycles. The summed E-state index contributed by atoms with van der Waals surface area (Å²) in [5, 5.41) is 2.76. The van der Waals surface area contributed by atoms with Crippen molar-refractivity contribution in [1.29, 1.82) is 0 Å². The average molecular weight is 354 g/mol. The van der Waals surface area contributed by atoms with Crippen molar-refractivity contribution in [2.75, 3.05) is 0 Å². The van der Waals surface area contributed by atoms with Gasteiger partial charge in [0.1, 0.15) is 11.4 Å². The fourth-order valence-corrected chi connectivity index (χ4v) is 3.14. The third kappa shape index (κ3) is 3.09. The molecule has 0 aliphatic carbocycles. The number of nitrogens with one attached hydrogen (secondary N) is 1. The van der Waals surface area contributed by atoms with Crippen molar-refractivity contribution in [1.82, 2.24) is 10.2 Å². The molecule has 4 nitrogen and oxygen atoms in total. The van der Waals surface area contributed by atoms with Crippen LogP contribution in [0.4, 0.5) is 9.18 Å². The second-order valence-electron chi connectivity index (χ2n) is 7.87. The van der Waals surface area contributed by atoms with Gasteiger partial charge in [0.2, 0.25) is 0 Å². The summed E-state index contributed by atoms with van der Waals surface area (Å²) in [5.74, 6) is -0.814. The van der Waals surface area contributed by atoms with Crippen molar-refractivity contribution in [2.24, 2.45) is 0 Å². The van der Waals surface area contributed by atoms with Crippen molar-refractivity contribution < 1.29 is 14.0 Å². The zero-order valence-corrected chi connectivity index (χ0v) is 15.5. The minimum Gasteiger partial charge on any atom is -0.319 e. The highest BCUT2D eigenvalue weighted by Gasteiger charge is 2.49. The molecule has 0 aromatic heterocycles. The Kier molecular flexibility index (Phi) is 4.34. The minimum absolute atomic E-state index is 0.000755. The van der Waals surface area contributed by atoms with Crippen LogP contribution in [0.3, 0.4) is 0 Å². The maximum Gasteiger partial charge on any atom is 0.325 e. The van der Waals surface area contributed by atoms with Crippen LogP contribution in [0.25, 0.3) is 0 Å². The molecule has 0 radical (unpaired) electrons. The van der Waals surface area contributed by atoms with Gasteiger partial charge in [-0.15, -0.1) is 0 Å². The highest BCUT2D eigenvalue weighted by Crippen LogP contribution is 2.32. The van der Waals surface area contributed by atoms with E-state index in [0.717, 1.165) is 10.5 Å². The van der Waals surface area contributed by atoms with E-state index in [2.05, 4.69) is 26.1 Å². The predicted molar refractivity (Wildman–Crippen MR) is 98.0 cm³/mol. The molecule has 0 saturated carbocycles. The number of nitrogens with zero attached hydrogens (tertiary/aromatic N) is 1. The molecule has 1 saturated heterocycles. The Labute approximate surface area is 153 Å². The number of urea groups is 1. The van der Waals surface area contributed by atoms with Gasteiger partial charge in [-0.25, -0.2) is 9.18 Å². The number of hydrogen-bond donors (Lipinski definition) is 1. The molecule has 2 aromatic rings. The van der Waals surface area contributed by atoms with E-state index in [1.807, 2.05) is 24.3 Å². The summed E-state index contributed by atoms with van der Waals surface area (Å²) in [6.07, 6.45) is 0. The van der Waals surface area contributed by atoms with Crippen molar-refractivity contribution in [3.05, 3.63) is 71.0 Å². The van der Waals surface area contributed by atoms with Gasteiger partial charge in [0, 0.05) is 5.56 Å². The van der Waals surface area contributed by atoms with Crippen LogP contribution in [-0.2, 0) is 22.3 Å². The first-order valence-electron chi connectivity index (χ1n) is 8.61. The second kappa shape index (κ2) is 6.24. The van der Waals surface area contributed by atoms with E-state index in [0.29, 0.717) is 11.1 Å². The van der Waals surface area contributed by atoms with Crippen LogP contribution in [0.5, 0.6) is 0 Å². The summed E-state index contributed by atoms with van der Waals surface area (Å²) in [7, 11) is 0. The zero-order valence-electron chi connectivity index (χ0n) is 15.5. The minimum atomic E-state index is -1.15. The van der Waals surface area contributed by atoms with Crippen LogP contribution in [0.15, 0.2) is 48.5 Å². The van der Waals surface area contributed by atoms with E-state index in [1.165, 1.54) is 6.07 Å². The van der Waals surface area contributed by atoms with E-state index >= 15 is 0 Å². The fraction of sp³-hybridized carbons (Fsp3) is 0.333. The number of amides is 3. The summed E-state index contributed by atoms with van der Waals surface area (Å²) in [6.45, 7) is 7.93. The van der Waals surface area contributed by atoms with E-state index in [1.54, 1.807) is 25.1 Å². The Hall–Kier alpha value is -2.69. The maximum atomic E-state index is 13.9. The summed E-state index contributed by atoms with van der Waals surface area (Å²) >= 11 is 0. The van der Waals surface area contributed by atoms with Crippen LogP contribution in [0, 0.1) is 5.82 Å². The number of hydrogen-bond acceptors (Lipinski definition) is 2. The molecule has 0 spiro atoms. The first-order valence-corrected chi connectivity index (χ1v) is 8.61. The first-order chi connectivity index (χ1) is 12.1. The fourth-order valence-electron chi connectivity index (χ4n) is 3.14. The Balaban J connectivity index is 1.88. The van der Waals surface area contributed by atoms with Gasteiger partial charge in [0.05, 0.1) is 6.54 Å². The molecule has 1 heterocycles. The molecule has 5 heteroatoms. The largest absolute Gasteiger partial charge is 0.325 e. The first kappa shape index (κ1) is 18.1. The van der Waals surface area contributed by atoms with Crippen LogP contribution in [-0.4, -0.2) is 16.8 Å². The molecular weight excluding hydrogens is 331 g/mol. The Morgan fingerprint density at radius 1 is 1.04 bits per heavy atom. The standard InChI is InChI=1S/C21H23FN2O2/c1-20(2,3)15-9-11-16(12-10-15)21(4)18(25)24(19(26)23-21)13-14-7-5-6-8-17(14)22/h5-12H,13H2,1-4H3,(H,23,26)/t21-/m0/s1. The molecule has 136 valence electrons. The SMILES string of the molecule is CC(C)(C)c1ccc([C@]2(C)NC(=O)N(Cc3ccccc3F)C2=O)cc1. The lowest BCUT2D eigenvalue weighted by Crippen LogP contribution is -2.40. The number of rotatable bonds is 3. The normalized spacial score (nSPS) is 20.4. The lowest BCUT2D eigenvalue weighted by atomic mass is 9.84. The number of halogens is 1. The Morgan fingerprint density at radius 2 is 1.65 bits per heavy atom. The topological polar surface area (TPSA) is 49.4 Å². The molecule has 26 heavy (non-hydrogen) atoms. The molecule has 3 rings (SSSR count). The van der Waals surface area contributed by atoms with Crippen molar-refractivity contribution in [2.45, 2.75) is 45.2 Å². The Morgan fingerprint density at radius 3 is 2.23 bits per heavy atom. The molecule has 3 amide bonds. The van der Waals surface area contributed by atoms with E-state index in [-0.39, 0.29) is 17.9 Å². The zero-order chi connectivity index (χ0) is 19.1. The van der Waals surface area contributed by atoms with E-state index < -0.39 is 17.4 Å². The van der Waals surface area contributed by atoms with Crippen LogP contribution in [0.2, 0.25) is 0 Å². The second-order valence-corrected chi connectivity index (χ2v) is 7.87. The lowest BCUT2D eigenvalue weighted by molar-refractivity contribution is -0.131. The molecule has 1 fully saturated rings.